The lowest BCUT2D eigenvalue weighted by molar-refractivity contribution is 0.0772. The van der Waals surface area contributed by atoms with Gasteiger partial charge in [-0.3, -0.25) is 4.79 Å². The highest BCUT2D eigenvalue weighted by molar-refractivity contribution is 7.89. The summed E-state index contributed by atoms with van der Waals surface area (Å²) < 4.78 is 38.0. The van der Waals surface area contributed by atoms with Crippen molar-refractivity contribution in [1.82, 2.24) is 19.8 Å². The van der Waals surface area contributed by atoms with Gasteiger partial charge in [0.2, 0.25) is 15.9 Å². The third kappa shape index (κ3) is 3.82. The number of carbonyl (C=O) groups excluding carboxylic acids is 1. The van der Waals surface area contributed by atoms with E-state index < -0.39 is 15.4 Å². The molecule has 9 nitrogen and oxygen atoms in total. The van der Waals surface area contributed by atoms with Crippen LogP contribution in [0.3, 0.4) is 0 Å². The first-order valence-electron chi connectivity index (χ1n) is 10.4. The van der Waals surface area contributed by atoms with Gasteiger partial charge >= 0.3 is 0 Å². The van der Waals surface area contributed by atoms with Gasteiger partial charge in [0.25, 0.3) is 5.91 Å². The van der Waals surface area contributed by atoms with E-state index in [4.69, 9.17) is 9.26 Å². The van der Waals surface area contributed by atoms with E-state index in [9.17, 15) is 13.2 Å². The molecule has 1 amide bonds. The number of nitrogens with zero attached hydrogens (tertiary/aromatic N) is 3. The molecule has 1 aromatic heterocycles. The first-order chi connectivity index (χ1) is 14.7. The fraction of sp³-hybridized carbons (Fsp3) is 0.571. The van der Waals surface area contributed by atoms with E-state index in [0.717, 1.165) is 5.56 Å². The van der Waals surface area contributed by atoms with Crippen LogP contribution >= 0.6 is 0 Å². The topological polar surface area (TPSA) is 115 Å². The van der Waals surface area contributed by atoms with Crippen LogP contribution in [0.25, 0.3) is 0 Å². The highest BCUT2D eigenvalue weighted by atomic mass is 32.2. The van der Waals surface area contributed by atoms with Gasteiger partial charge in [0, 0.05) is 30.3 Å². The van der Waals surface area contributed by atoms with Gasteiger partial charge in [0.15, 0.2) is 5.82 Å². The number of ether oxygens (including phenoxy) is 1. The molecule has 1 N–H and O–H groups in total. The molecule has 0 spiro atoms. The smallest absolute Gasteiger partial charge is 0.254 e. The van der Waals surface area contributed by atoms with Crippen LogP contribution in [0.4, 0.5) is 0 Å². The van der Waals surface area contributed by atoms with Gasteiger partial charge < -0.3 is 14.2 Å². The summed E-state index contributed by atoms with van der Waals surface area (Å²) in [6.07, 6.45) is 1.13. The average Bonchev–Trinajstić information content (AvgIpc) is 3.40. The second kappa shape index (κ2) is 7.90. The second-order valence-corrected chi connectivity index (χ2v) is 10.5. The van der Waals surface area contributed by atoms with Crippen molar-refractivity contribution in [2.45, 2.75) is 45.1 Å². The lowest BCUT2D eigenvalue weighted by atomic mass is 9.80. The van der Waals surface area contributed by atoms with Crippen molar-refractivity contribution in [3.8, 4) is 5.75 Å². The van der Waals surface area contributed by atoms with Crippen LogP contribution in [-0.4, -0.2) is 61.4 Å². The van der Waals surface area contributed by atoms with E-state index in [2.05, 4.69) is 14.9 Å². The number of likely N-dealkylation sites (tertiary alicyclic amines) is 1. The van der Waals surface area contributed by atoms with Crippen molar-refractivity contribution < 1.29 is 22.5 Å². The Hall–Kier alpha value is -2.46. The number of aromatic nitrogens is 2. The summed E-state index contributed by atoms with van der Waals surface area (Å²) in [6, 6.07) is 5.22. The Morgan fingerprint density at radius 3 is 2.81 bits per heavy atom. The van der Waals surface area contributed by atoms with Gasteiger partial charge in [0.05, 0.1) is 18.3 Å². The summed E-state index contributed by atoms with van der Waals surface area (Å²) in [7, 11) is -1.75. The van der Waals surface area contributed by atoms with Gasteiger partial charge in [-0.25, -0.2) is 13.1 Å². The number of hydrogen-bond acceptors (Lipinski definition) is 7. The lowest BCUT2D eigenvalue weighted by Crippen LogP contribution is -2.40. The summed E-state index contributed by atoms with van der Waals surface area (Å²) >= 11 is 0. The van der Waals surface area contributed by atoms with E-state index in [0.29, 0.717) is 49.0 Å². The molecule has 1 aliphatic heterocycles. The number of rotatable bonds is 6. The van der Waals surface area contributed by atoms with Crippen molar-refractivity contribution in [2.24, 2.45) is 5.92 Å². The van der Waals surface area contributed by atoms with E-state index in [-0.39, 0.29) is 23.6 Å². The zero-order chi connectivity index (χ0) is 22.4. The van der Waals surface area contributed by atoms with Gasteiger partial charge in [-0.1, -0.05) is 11.2 Å². The Kier molecular flexibility index (Phi) is 5.55. The zero-order valence-electron chi connectivity index (χ0n) is 18.2. The predicted molar refractivity (Wildman–Crippen MR) is 113 cm³/mol. The molecule has 2 heterocycles. The molecule has 2 aliphatic rings. The Balaban J connectivity index is 1.64. The minimum Gasteiger partial charge on any atom is -0.496 e. The molecule has 1 unspecified atom stereocenters. The Morgan fingerprint density at radius 1 is 1.39 bits per heavy atom. The van der Waals surface area contributed by atoms with Crippen molar-refractivity contribution in [2.75, 3.05) is 26.0 Å². The summed E-state index contributed by atoms with van der Waals surface area (Å²) in [5.74, 6) is 1.64. The molecule has 10 heteroatoms. The number of amides is 1. The lowest BCUT2D eigenvalue weighted by Gasteiger charge is -2.25. The molecular formula is C21H28N4O5S. The number of nitrogens with one attached hydrogen (secondary N) is 1. The molecule has 1 saturated carbocycles. The number of fused-ring (bicyclic) bond motifs is 1. The zero-order valence-corrected chi connectivity index (χ0v) is 19.0. The maximum atomic E-state index is 13.4. The minimum atomic E-state index is -3.33. The fourth-order valence-corrected chi connectivity index (χ4v) is 5.88. The van der Waals surface area contributed by atoms with Gasteiger partial charge in [0.1, 0.15) is 5.75 Å². The molecule has 2 fully saturated rings. The molecule has 1 saturated heterocycles. The maximum Gasteiger partial charge on any atom is 0.254 e. The first-order valence-corrected chi connectivity index (χ1v) is 12.1. The molecule has 0 bridgehead atoms. The summed E-state index contributed by atoms with van der Waals surface area (Å²) in [4.78, 5) is 19.7. The SMILES string of the molecule is CCS(=O)(=O)N[C@@H]1CC2CN(C(=O)c3cccc(OC)c3C)C[C@@]2(c2nc(C)no2)C1. The molecule has 2 aromatic rings. The molecule has 3 atom stereocenters. The van der Waals surface area contributed by atoms with Crippen LogP contribution in [0.2, 0.25) is 0 Å². The number of hydrogen-bond donors (Lipinski definition) is 1. The molecule has 0 radical (unpaired) electrons. The largest absolute Gasteiger partial charge is 0.496 e. The molecule has 1 aliphatic carbocycles. The van der Waals surface area contributed by atoms with Crippen LogP contribution in [0, 0.1) is 19.8 Å². The number of sulfonamides is 1. The number of methoxy groups -OCH3 is 1. The molecular weight excluding hydrogens is 420 g/mol. The monoisotopic (exact) mass is 448 g/mol. The average molecular weight is 449 g/mol. The quantitative estimate of drug-likeness (QED) is 0.717. The normalized spacial score (nSPS) is 25.6. The van der Waals surface area contributed by atoms with Crippen LogP contribution in [0.15, 0.2) is 22.7 Å². The van der Waals surface area contributed by atoms with E-state index >= 15 is 0 Å². The summed E-state index contributed by atoms with van der Waals surface area (Å²) in [6.45, 7) is 6.14. The van der Waals surface area contributed by atoms with E-state index in [1.807, 2.05) is 24.0 Å². The second-order valence-electron chi connectivity index (χ2n) is 8.48. The number of carbonyl (C=O) groups is 1. The van der Waals surface area contributed by atoms with Crippen LogP contribution in [0.1, 0.15) is 47.4 Å². The maximum absolute atomic E-state index is 13.4. The third-order valence-electron chi connectivity index (χ3n) is 6.58. The molecule has 4 rings (SSSR count). The van der Waals surface area contributed by atoms with Crippen molar-refractivity contribution >= 4 is 15.9 Å². The third-order valence-corrected chi connectivity index (χ3v) is 8.03. The molecule has 1 aromatic carbocycles. The van der Waals surface area contributed by atoms with Crippen LogP contribution in [-0.2, 0) is 15.4 Å². The summed E-state index contributed by atoms with van der Waals surface area (Å²) in [5.41, 5.74) is 0.827. The number of benzene rings is 1. The van der Waals surface area contributed by atoms with Gasteiger partial charge in [-0.15, -0.1) is 0 Å². The fourth-order valence-electron chi connectivity index (χ4n) is 5.02. The Bertz CT molecular complexity index is 1100. The van der Waals surface area contributed by atoms with Gasteiger partial charge in [-0.2, -0.15) is 4.98 Å². The predicted octanol–water partition coefficient (Wildman–Crippen LogP) is 1.81. The van der Waals surface area contributed by atoms with E-state index in [1.54, 1.807) is 27.0 Å². The highest BCUT2D eigenvalue weighted by Gasteiger charge is 2.58. The Labute approximate surface area is 182 Å². The van der Waals surface area contributed by atoms with Crippen LogP contribution in [0.5, 0.6) is 5.75 Å². The highest BCUT2D eigenvalue weighted by Crippen LogP contribution is 2.50. The van der Waals surface area contributed by atoms with Crippen molar-refractivity contribution in [3.05, 3.63) is 41.0 Å². The first kappa shape index (κ1) is 21.8. The molecule has 31 heavy (non-hydrogen) atoms. The minimum absolute atomic E-state index is 0.0202. The summed E-state index contributed by atoms with van der Waals surface area (Å²) in [5, 5.41) is 3.95. The Morgan fingerprint density at radius 2 is 2.16 bits per heavy atom. The van der Waals surface area contributed by atoms with Crippen LogP contribution < -0.4 is 9.46 Å². The standard InChI is InChI=1S/C21H28N4O5S/c1-5-31(27,28)24-16-9-15-11-25(12-21(15,10-16)20-22-14(3)23-30-20)19(26)17-7-6-8-18(29-4)13(17)2/h6-8,15-16,24H,5,9-12H2,1-4H3/t15?,16-,21+/m1/s1. The van der Waals surface area contributed by atoms with Gasteiger partial charge in [-0.05, 0) is 51.7 Å². The van der Waals surface area contributed by atoms with E-state index in [1.165, 1.54) is 0 Å². The van der Waals surface area contributed by atoms with Crippen molar-refractivity contribution in [3.63, 3.8) is 0 Å². The molecule has 168 valence electrons. The van der Waals surface area contributed by atoms with Crippen molar-refractivity contribution in [1.29, 1.82) is 0 Å². The number of aryl methyl sites for hydroxylation is 1.